The van der Waals surface area contributed by atoms with Crippen LogP contribution in [0.1, 0.15) is 43.5 Å². The second kappa shape index (κ2) is 10.2. The Balaban J connectivity index is 1.83. The van der Waals surface area contributed by atoms with Crippen LogP contribution in [0.2, 0.25) is 0 Å². The molecule has 0 unspecified atom stereocenters. The first kappa shape index (κ1) is 21.1. The smallest absolute Gasteiger partial charge is 0.213 e. The number of aromatic nitrogens is 1. The van der Waals surface area contributed by atoms with Gasteiger partial charge in [0.25, 0.3) is 0 Å². The summed E-state index contributed by atoms with van der Waals surface area (Å²) in [6, 6.07) is 0.252. The van der Waals surface area contributed by atoms with Gasteiger partial charge in [-0.25, -0.2) is 17.7 Å². The van der Waals surface area contributed by atoms with Crippen molar-refractivity contribution in [1.29, 1.82) is 0 Å². The molecule has 1 aromatic rings. The molecule has 0 atom stereocenters. The maximum Gasteiger partial charge on any atom is 0.213 e. The third-order valence-electron chi connectivity index (χ3n) is 4.44. The molecule has 7 nitrogen and oxygen atoms in total. The average molecular weight is 402 g/mol. The van der Waals surface area contributed by atoms with Gasteiger partial charge in [-0.2, -0.15) is 0 Å². The standard InChI is InChI=1S/C17H31N5O2S2/c1-4-15-13-20-16(25-15)7-10-19-17(18-5-2)21-14-8-11-22(12-9-14)26(23,24)6-3/h13-14H,4-12H2,1-3H3,(H2,18,19,21). The van der Waals surface area contributed by atoms with Crippen molar-refractivity contribution in [3.05, 3.63) is 16.1 Å². The molecule has 0 saturated carbocycles. The van der Waals surface area contributed by atoms with E-state index in [1.165, 1.54) is 4.88 Å². The van der Waals surface area contributed by atoms with Crippen LogP contribution in [0.15, 0.2) is 11.2 Å². The average Bonchev–Trinajstić information content (AvgIpc) is 3.10. The molecule has 9 heteroatoms. The fraction of sp³-hybridized carbons (Fsp3) is 0.765. The molecule has 1 aromatic heterocycles. The Bertz CT molecular complexity index is 679. The van der Waals surface area contributed by atoms with Gasteiger partial charge in [-0.1, -0.05) is 6.92 Å². The van der Waals surface area contributed by atoms with E-state index in [0.29, 0.717) is 19.6 Å². The molecule has 2 heterocycles. The van der Waals surface area contributed by atoms with Crippen molar-refractivity contribution in [2.24, 2.45) is 4.99 Å². The van der Waals surface area contributed by atoms with Gasteiger partial charge in [0, 0.05) is 49.7 Å². The Morgan fingerprint density at radius 2 is 2.08 bits per heavy atom. The number of rotatable bonds is 8. The van der Waals surface area contributed by atoms with Gasteiger partial charge < -0.3 is 10.6 Å². The van der Waals surface area contributed by atoms with Crippen LogP contribution in [-0.2, 0) is 22.9 Å². The molecule has 0 bridgehead atoms. The highest BCUT2D eigenvalue weighted by atomic mass is 32.2. The van der Waals surface area contributed by atoms with Crippen molar-refractivity contribution >= 4 is 27.3 Å². The molecule has 1 aliphatic rings. The zero-order valence-corrected chi connectivity index (χ0v) is 17.6. The van der Waals surface area contributed by atoms with Crippen LogP contribution < -0.4 is 10.6 Å². The van der Waals surface area contributed by atoms with Gasteiger partial charge >= 0.3 is 0 Å². The molecule has 0 spiro atoms. The van der Waals surface area contributed by atoms with Gasteiger partial charge in [0.2, 0.25) is 10.0 Å². The van der Waals surface area contributed by atoms with Crippen LogP contribution in [0.5, 0.6) is 0 Å². The molecule has 1 aliphatic heterocycles. The first-order chi connectivity index (χ1) is 12.5. The minimum Gasteiger partial charge on any atom is -0.357 e. The topological polar surface area (TPSA) is 86.7 Å². The largest absolute Gasteiger partial charge is 0.357 e. The summed E-state index contributed by atoms with van der Waals surface area (Å²) in [5, 5.41) is 7.85. The van der Waals surface area contributed by atoms with Crippen molar-refractivity contribution in [3.8, 4) is 0 Å². The van der Waals surface area contributed by atoms with Crippen LogP contribution >= 0.6 is 11.3 Å². The van der Waals surface area contributed by atoms with Crippen molar-refractivity contribution < 1.29 is 8.42 Å². The lowest BCUT2D eigenvalue weighted by Crippen LogP contribution is -2.50. The summed E-state index contributed by atoms with van der Waals surface area (Å²) in [5.41, 5.74) is 0. The number of thiazole rings is 1. The van der Waals surface area contributed by atoms with E-state index in [1.54, 1.807) is 22.6 Å². The van der Waals surface area contributed by atoms with E-state index in [0.717, 1.165) is 43.2 Å². The summed E-state index contributed by atoms with van der Waals surface area (Å²) in [7, 11) is -3.07. The molecule has 0 radical (unpaired) electrons. The number of guanidine groups is 1. The summed E-state index contributed by atoms with van der Waals surface area (Å²) in [5.74, 6) is 0.975. The van der Waals surface area contributed by atoms with E-state index in [2.05, 4.69) is 27.5 Å². The number of sulfonamides is 1. The molecule has 0 aromatic carbocycles. The first-order valence-electron chi connectivity index (χ1n) is 9.44. The lowest BCUT2D eigenvalue weighted by molar-refractivity contribution is 0.306. The van der Waals surface area contributed by atoms with Crippen molar-refractivity contribution in [2.45, 2.75) is 52.5 Å². The molecule has 2 N–H and O–H groups in total. The highest BCUT2D eigenvalue weighted by molar-refractivity contribution is 7.89. The maximum absolute atomic E-state index is 11.9. The molecule has 148 valence electrons. The maximum atomic E-state index is 11.9. The minimum absolute atomic E-state index is 0.172. The third-order valence-corrected chi connectivity index (χ3v) is 7.53. The summed E-state index contributed by atoms with van der Waals surface area (Å²) >= 11 is 1.75. The van der Waals surface area contributed by atoms with Crippen LogP contribution in [0, 0.1) is 0 Å². The van der Waals surface area contributed by atoms with Gasteiger partial charge in [-0.15, -0.1) is 11.3 Å². The van der Waals surface area contributed by atoms with E-state index in [9.17, 15) is 8.42 Å². The van der Waals surface area contributed by atoms with Crippen LogP contribution in [0.3, 0.4) is 0 Å². The second-order valence-electron chi connectivity index (χ2n) is 6.30. The summed E-state index contributed by atoms with van der Waals surface area (Å²) < 4.78 is 25.5. The van der Waals surface area contributed by atoms with Crippen LogP contribution in [0.25, 0.3) is 0 Å². The second-order valence-corrected chi connectivity index (χ2v) is 9.76. The normalized spacial score (nSPS) is 17.4. The Morgan fingerprint density at radius 1 is 1.35 bits per heavy atom. The highest BCUT2D eigenvalue weighted by Gasteiger charge is 2.26. The van der Waals surface area contributed by atoms with E-state index < -0.39 is 10.0 Å². The number of piperidine rings is 1. The quantitative estimate of drug-likeness (QED) is 0.511. The highest BCUT2D eigenvalue weighted by Crippen LogP contribution is 2.15. The first-order valence-corrected chi connectivity index (χ1v) is 11.9. The molecule has 2 rings (SSSR count). The number of nitrogens with one attached hydrogen (secondary N) is 2. The van der Waals surface area contributed by atoms with Crippen LogP contribution in [-0.4, -0.2) is 61.6 Å². The lowest BCUT2D eigenvalue weighted by atomic mass is 10.1. The zero-order valence-electron chi connectivity index (χ0n) is 16.0. The number of hydrogen-bond donors (Lipinski definition) is 2. The van der Waals surface area contributed by atoms with Gasteiger partial charge in [-0.3, -0.25) is 4.99 Å². The molecule has 0 aliphatic carbocycles. The van der Waals surface area contributed by atoms with E-state index in [4.69, 9.17) is 0 Å². The summed E-state index contributed by atoms with van der Waals surface area (Å²) in [6.07, 6.45) is 5.42. The minimum atomic E-state index is -3.07. The van der Waals surface area contributed by atoms with Gasteiger partial charge in [0.15, 0.2) is 5.96 Å². The van der Waals surface area contributed by atoms with Crippen LogP contribution in [0.4, 0.5) is 0 Å². The molecule has 0 amide bonds. The number of aryl methyl sites for hydroxylation is 1. The lowest BCUT2D eigenvalue weighted by Gasteiger charge is -2.32. The van der Waals surface area contributed by atoms with Crippen molar-refractivity contribution in [3.63, 3.8) is 0 Å². The number of hydrogen-bond acceptors (Lipinski definition) is 5. The van der Waals surface area contributed by atoms with E-state index in [-0.39, 0.29) is 11.8 Å². The molecule has 26 heavy (non-hydrogen) atoms. The molecular formula is C17H31N5O2S2. The third kappa shape index (κ3) is 6.21. The van der Waals surface area contributed by atoms with E-state index >= 15 is 0 Å². The van der Waals surface area contributed by atoms with Crippen molar-refractivity contribution in [2.75, 3.05) is 31.9 Å². The fourth-order valence-electron chi connectivity index (χ4n) is 2.86. The fourth-order valence-corrected chi connectivity index (χ4v) is 4.85. The Hall–Kier alpha value is -1.19. The summed E-state index contributed by atoms with van der Waals surface area (Å²) in [6.45, 7) is 8.52. The van der Waals surface area contributed by atoms with Crippen molar-refractivity contribution in [1.82, 2.24) is 19.9 Å². The zero-order chi connectivity index (χ0) is 19.0. The van der Waals surface area contributed by atoms with Gasteiger partial charge in [0.05, 0.1) is 10.8 Å². The SMILES string of the molecule is CCNC(=NCCc1ncc(CC)s1)NC1CCN(S(=O)(=O)CC)CC1. The predicted molar refractivity (Wildman–Crippen MR) is 108 cm³/mol. The predicted octanol–water partition coefficient (Wildman–Crippen LogP) is 1.62. The van der Waals surface area contributed by atoms with Gasteiger partial charge in [0.1, 0.15) is 0 Å². The van der Waals surface area contributed by atoms with Gasteiger partial charge in [-0.05, 0) is 33.1 Å². The van der Waals surface area contributed by atoms with E-state index in [1.807, 2.05) is 13.1 Å². The number of nitrogens with zero attached hydrogens (tertiary/aromatic N) is 3. The summed E-state index contributed by atoms with van der Waals surface area (Å²) in [4.78, 5) is 10.4. The molecule has 1 fully saturated rings. The molecule has 1 saturated heterocycles. The monoisotopic (exact) mass is 401 g/mol. The Labute approximate surface area is 161 Å². The Kier molecular flexibility index (Phi) is 8.30. The molecular weight excluding hydrogens is 370 g/mol. The number of aliphatic imine (C=N–C) groups is 1. The Morgan fingerprint density at radius 3 is 2.65 bits per heavy atom.